The maximum atomic E-state index is 10.1. The molecule has 0 bridgehead atoms. The molecule has 0 spiro atoms. The molecule has 0 radical (unpaired) electrons. The molecule has 0 aliphatic heterocycles. The van der Waals surface area contributed by atoms with E-state index in [1.54, 1.807) is 0 Å². The van der Waals surface area contributed by atoms with Crippen molar-refractivity contribution in [2.75, 3.05) is 0 Å². The van der Waals surface area contributed by atoms with Crippen molar-refractivity contribution in [2.45, 2.75) is 26.3 Å². The Morgan fingerprint density at radius 2 is 2.00 bits per heavy atom. The van der Waals surface area contributed by atoms with Crippen LogP contribution in [0.3, 0.4) is 0 Å². The van der Waals surface area contributed by atoms with Crippen LogP contribution in [0.5, 0.6) is 0 Å². The average Bonchev–Trinajstić information content (AvgIpc) is 1.63. The predicted molar refractivity (Wildman–Crippen MR) is 45.0 cm³/mol. The normalized spacial score (nSPS) is 12.4. The third-order valence-electron chi connectivity index (χ3n) is 1.04. The second-order valence-corrected chi connectivity index (χ2v) is 2.57. The molecule has 3 nitrogen and oxygen atoms in total. The molecule has 0 heterocycles. The van der Waals surface area contributed by atoms with Crippen LogP contribution < -0.4 is 5.73 Å². The predicted octanol–water partition coefficient (Wildman–Crippen LogP) is -0.740. The van der Waals surface area contributed by atoms with E-state index in [-0.39, 0.29) is 25.8 Å². The standard InChI is InChI=1S/C6H13NO2.In.3H/c1-4(2)3-5(7)6(8)9;;;;/h4-5H,3,7H2,1-2H3,(H,8,9);;;;/t5-;;;;/m0..../s1. The third kappa shape index (κ3) is 6.42. The van der Waals surface area contributed by atoms with Crippen LogP contribution in [0.15, 0.2) is 0 Å². The quantitative estimate of drug-likeness (QED) is 0.692. The van der Waals surface area contributed by atoms with Gasteiger partial charge in [-0.3, -0.25) is 4.79 Å². The van der Waals surface area contributed by atoms with E-state index in [0.29, 0.717) is 12.3 Å². The zero-order chi connectivity index (χ0) is 7.44. The van der Waals surface area contributed by atoms with Crippen molar-refractivity contribution in [1.29, 1.82) is 0 Å². The van der Waals surface area contributed by atoms with Crippen LogP contribution in [0.1, 0.15) is 20.3 Å². The van der Waals surface area contributed by atoms with Gasteiger partial charge in [0.05, 0.1) is 0 Å². The first-order valence-corrected chi connectivity index (χ1v) is 3.02. The fraction of sp³-hybridized carbons (Fsp3) is 0.833. The van der Waals surface area contributed by atoms with Crippen molar-refractivity contribution in [2.24, 2.45) is 11.7 Å². The first-order valence-electron chi connectivity index (χ1n) is 3.02. The van der Waals surface area contributed by atoms with E-state index in [9.17, 15) is 4.79 Å². The van der Waals surface area contributed by atoms with Gasteiger partial charge in [0, 0.05) is 0 Å². The average molecular weight is 249 g/mol. The Balaban J connectivity index is 0. The maximum absolute atomic E-state index is 10.1. The van der Waals surface area contributed by atoms with Crippen molar-refractivity contribution in [3.63, 3.8) is 0 Å². The molecule has 0 rings (SSSR count). The summed E-state index contributed by atoms with van der Waals surface area (Å²) in [6.07, 6.45) is 0.551. The van der Waals surface area contributed by atoms with Gasteiger partial charge in [-0.25, -0.2) is 0 Å². The molecule has 0 fully saturated rings. The molecule has 0 aliphatic carbocycles. The van der Waals surface area contributed by atoms with Crippen LogP contribution in [0.25, 0.3) is 0 Å². The minimum absolute atomic E-state index is 0. The van der Waals surface area contributed by atoms with E-state index < -0.39 is 12.0 Å². The van der Waals surface area contributed by atoms with E-state index in [4.69, 9.17) is 10.8 Å². The number of nitrogens with two attached hydrogens (primary N) is 1. The molecule has 0 amide bonds. The van der Waals surface area contributed by atoms with E-state index in [0.717, 1.165) is 0 Å². The van der Waals surface area contributed by atoms with Gasteiger partial charge >= 0.3 is 31.8 Å². The number of carboxylic acid groups (broad SMARTS) is 1. The number of hydrogen-bond donors (Lipinski definition) is 2. The van der Waals surface area contributed by atoms with Gasteiger partial charge in [-0.1, -0.05) is 13.8 Å². The summed E-state index contributed by atoms with van der Waals surface area (Å²) < 4.78 is 0. The Bertz CT molecular complexity index is 106. The van der Waals surface area contributed by atoms with E-state index >= 15 is 0 Å². The fourth-order valence-corrected chi connectivity index (χ4v) is 0.609. The molecule has 0 unspecified atom stereocenters. The van der Waals surface area contributed by atoms with Crippen molar-refractivity contribution in [3.05, 3.63) is 0 Å². The van der Waals surface area contributed by atoms with Gasteiger partial charge in [0.15, 0.2) is 0 Å². The molecular weight excluding hydrogens is 233 g/mol. The molecule has 1 atom stereocenters. The molecule has 0 aromatic carbocycles. The van der Waals surface area contributed by atoms with Gasteiger partial charge < -0.3 is 10.8 Å². The van der Waals surface area contributed by atoms with Crippen LogP contribution in [0, 0.1) is 5.92 Å². The number of carbonyl (C=O) groups is 1. The summed E-state index contributed by atoms with van der Waals surface area (Å²) in [5.74, 6) is -0.556. The Morgan fingerprint density at radius 1 is 1.60 bits per heavy atom. The van der Waals surface area contributed by atoms with Crippen molar-refractivity contribution in [3.8, 4) is 0 Å². The molecule has 0 saturated carbocycles. The van der Waals surface area contributed by atoms with Gasteiger partial charge in [0.2, 0.25) is 0 Å². The van der Waals surface area contributed by atoms with E-state index in [1.165, 1.54) is 0 Å². The van der Waals surface area contributed by atoms with E-state index in [1.807, 2.05) is 13.8 Å². The van der Waals surface area contributed by atoms with Crippen molar-refractivity contribution < 1.29 is 9.90 Å². The minimum atomic E-state index is -0.913. The van der Waals surface area contributed by atoms with Crippen LogP contribution >= 0.6 is 0 Å². The monoisotopic (exact) mass is 249 g/mol. The van der Waals surface area contributed by atoms with Gasteiger partial charge in [-0.15, -0.1) is 0 Å². The van der Waals surface area contributed by atoms with Crippen LogP contribution in [0.4, 0.5) is 0 Å². The summed E-state index contributed by atoms with van der Waals surface area (Å²) in [5.41, 5.74) is 5.22. The number of hydrogen-bond acceptors (Lipinski definition) is 2. The molecule has 0 aliphatic rings. The molecule has 60 valence electrons. The first kappa shape index (κ1) is 12.9. The Labute approximate surface area is 79.8 Å². The summed E-state index contributed by atoms with van der Waals surface area (Å²) in [7, 11) is 0. The fourth-order valence-electron chi connectivity index (χ4n) is 0.609. The second-order valence-electron chi connectivity index (χ2n) is 2.57. The third-order valence-corrected chi connectivity index (χ3v) is 1.04. The van der Waals surface area contributed by atoms with Crippen LogP contribution in [-0.4, -0.2) is 43.0 Å². The molecular formula is C6H16InNO2. The Kier molecular flexibility index (Phi) is 7.81. The first-order chi connectivity index (χ1) is 4.04. The number of aliphatic carboxylic acids is 1. The van der Waals surface area contributed by atoms with Crippen LogP contribution in [-0.2, 0) is 4.79 Å². The Morgan fingerprint density at radius 3 is 2.10 bits per heavy atom. The summed E-state index contributed by atoms with van der Waals surface area (Å²) in [4.78, 5) is 10.1. The van der Waals surface area contributed by atoms with Crippen molar-refractivity contribution >= 4 is 31.8 Å². The summed E-state index contributed by atoms with van der Waals surface area (Å²) in [5, 5.41) is 8.31. The SMILES string of the molecule is CC(C)C[C@H](N)C(=O)O.[InH3]. The van der Waals surface area contributed by atoms with Gasteiger partial charge in [-0.05, 0) is 12.3 Å². The summed E-state index contributed by atoms with van der Waals surface area (Å²) in [6.45, 7) is 3.89. The zero-order valence-electron chi connectivity index (χ0n) is 5.79. The van der Waals surface area contributed by atoms with Gasteiger partial charge in [-0.2, -0.15) is 0 Å². The molecule has 0 aromatic heterocycles. The summed E-state index contributed by atoms with van der Waals surface area (Å²) >= 11 is 0. The zero-order valence-corrected chi connectivity index (χ0v) is 5.79. The van der Waals surface area contributed by atoms with Crippen LogP contribution in [0.2, 0.25) is 0 Å². The van der Waals surface area contributed by atoms with E-state index in [2.05, 4.69) is 0 Å². The number of carboxylic acids is 1. The molecule has 0 aromatic rings. The summed E-state index contributed by atoms with van der Waals surface area (Å²) in [6, 6.07) is -0.690. The van der Waals surface area contributed by atoms with Gasteiger partial charge in [0.1, 0.15) is 6.04 Å². The second kappa shape index (κ2) is 6.04. The molecule has 4 heteroatoms. The molecule has 0 saturated heterocycles. The number of rotatable bonds is 3. The molecule has 10 heavy (non-hydrogen) atoms. The Hall–Kier alpha value is 0.300. The molecule has 3 N–H and O–H groups in total. The van der Waals surface area contributed by atoms with Gasteiger partial charge in [0.25, 0.3) is 0 Å². The van der Waals surface area contributed by atoms with Crippen molar-refractivity contribution in [1.82, 2.24) is 0 Å². The topological polar surface area (TPSA) is 63.3 Å².